The van der Waals surface area contributed by atoms with Crippen LogP contribution in [0.25, 0.3) is 0 Å². The first-order chi connectivity index (χ1) is 6.31. The molecule has 1 nitrogen and oxygen atoms in total. The van der Waals surface area contributed by atoms with Crippen LogP contribution in [-0.4, -0.2) is 18.3 Å². The maximum atomic E-state index is 5.79. The van der Waals surface area contributed by atoms with Crippen molar-refractivity contribution in [2.45, 2.75) is 53.0 Å². The zero-order valence-electron chi connectivity index (χ0n) is 10.2. The van der Waals surface area contributed by atoms with E-state index in [1.807, 2.05) is 0 Å². The molecule has 0 saturated heterocycles. The molecule has 0 unspecified atom stereocenters. The molecule has 0 aliphatic rings. The van der Waals surface area contributed by atoms with E-state index >= 15 is 0 Å². The molecule has 0 N–H and O–H groups in total. The summed E-state index contributed by atoms with van der Waals surface area (Å²) in [6.07, 6.45) is 4.32. The van der Waals surface area contributed by atoms with E-state index in [-0.39, 0.29) is 5.54 Å². The normalized spacial score (nSPS) is 10.9. The van der Waals surface area contributed by atoms with Gasteiger partial charge in [-0.25, -0.2) is 0 Å². The number of rotatable bonds is 5. The van der Waals surface area contributed by atoms with E-state index in [9.17, 15) is 0 Å². The van der Waals surface area contributed by atoms with Crippen molar-refractivity contribution in [1.29, 1.82) is 0 Å². The molecule has 0 aliphatic carbocycles. The highest BCUT2D eigenvalue weighted by Gasteiger charge is 2.23. The van der Waals surface area contributed by atoms with E-state index < -0.39 is 0 Å². The van der Waals surface area contributed by atoms with Gasteiger partial charge in [-0.3, -0.25) is 0 Å². The lowest BCUT2D eigenvalue weighted by Gasteiger charge is -2.39. The molecule has 0 aromatic heterocycles. The first-order valence-corrected chi connectivity index (χ1v) is 5.20. The third-order valence-electron chi connectivity index (χ3n) is 2.21. The lowest BCUT2D eigenvalue weighted by molar-refractivity contribution is 0.226. The van der Waals surface area contributed by atoms with Gasteiger partial charge in [0, 0.05) is 11.7 Å². The Hall–Kier alpha value is -0.655. The largest absolute Gasteiger partial charge is 0.357 e. The van der Waals surface area contributed by atoms with Gasteiger partial charge in [-0.05, 0) is 39.7 Å². The molecular formula is C12H22BN. The van der Waals surface area contributed by atoms with Crippen molar-refractivity contribution in [2.75, 3.05) is 0 Å². The fourth-order valence-electron chi connectivity index (χ4n) is 1.64. The van der Waals surface area contributed by atoms with Crippen molar-refractivity contribution in [3.8, 4) is 0 Å². The monoisotopic (exact) mass is 191 g/mol. The number of allylic oxidation sites excluding steroid dienone is 1. The molecule has 78 valence electrons. The standard InChI is InChI=1S/C12H22BN/c1-7-8-12(5,6)14(11(4)13)9-10(2)3/h9H,4,7-8H2,1-3,5-6H3. The minimum absolute atomic E-state index is 0.0534. The topological polar surface area (TPSA) is 3.24 Å². The van der Waals surface area contributed by atoms with Crippen LogP contribution in [0.4, 0.5) is 0 Å². The highest BCUT2D eigenvalue weighted by atomic mass is 15.2. The van der Waals surface area contributed by atoms with Crippen LogP contribution in [0.15, 0.2) is 23.9 Å². The van der Waals surface area contributed by atoms with Crippen molar-refractivity contribution in [3.05, 3.63) is 23.9 Å². The summed E-state index contributed by atoms with van der Waals surface area (Å²) < 4.78 is 0. The smallest absolute Gasteiger partial charge is 0.137 e. The Morgan fingerprint density at radius 1 is 1.43 bits per heavy atom. The average molecular weight is 191 g/mol. The highest BCUT2D eigenvalue weighted by molar-refractivity contribution is 6.20. The van der Waals surface area contributed by atoms with Crippen LogP contribution >= 0.6 is 0 Å². The van der Waals surface area contributed by atoms with Gasteiger partial charge in [-0.2, -0.15) is 0 Å². The quantitative estimate of drug-likeness (QED) is 0.601. The fraction of sp³-hybridized carbons (Fsp3) is 0.667. The van der Waals surface area contributed by atoms with Crippen LogP contribution in [0, 0.1) is 0 Å². The molecule has 2 radical (unpaired) electrons. The maximum absolute atomic E-state index is 5.79. The van der Waals surface area contributed by atoms with E-state index in [4.69, 9.17) is 7.85 Å². The second-order valence-corrected chi connectivity index (χ2v) is 4.63. The van der Waals surface area contributed by atoms with E-state index in [0.29, 0.717) is 5.60 Å². The van der Waals surface area contributed by atoms with Crippen molar-refractivity contribution >= 4 is 7.85 Å². The number of hydrogen-bond acceptors (Lipinski definition) is 1. The number of hydrogen-bond donors (Lipinski definition) is 0. The molecule has 0 aliphatic heterocycles. The van der Waals surface area contributed by atoms with Crippen molar-refractivity contribution in [1.82, 2.24) is 4.90 Å². The lowest BCUT2D eigenvalue weighted by Crippen LogP contribution is -2.39. The predicted octanol–water partition coefficient (Wildman–Crippen LogP) is 3.43. The summed E-state index contributed by atoms with van der Waals surface area (Å²) in [5.41, 5.74) is 1.91. The van der Waals surface area contributed by atoms with Gasteiger partial charge in [-0.1, -0.05) is 25.5 Å². The lowest BCUT2D eigenvalue weighted by atomic mass is 9.92. The molecule has 0 rings (SSSR count). The zero-order chi connectivity index (χ0) is 11.4. The van der Waals surface area contributed by atoms with Gasteiger partial charge < -0.3 is 4.90 Å². The van der Waals surface area contributed by atoms with Crippen molar-refractivity contribution in [2.24, 2.45) is 0 Å². The molecule has 0 aromatic rings. The van der Waals surface area contributed by atoms with Gasteiger partial charge in [0.05, 0.1) is 0 Å². The maximum Gasteiger partial charge on any atom is 0.137 e. The van der Waals surface area contributed by atoms with Crippen molar-refractivity contribution in [3.63, 3.8) is 0 Å². The van der Waals surface area contributed by atoms with Crippen LogP contribution < -0.4 is 0 Å². The molecule has 2 heteroatoms. The SMILES string of the molecule is [B]C(=C)N(C=C(C)C)C(C)(C)CCC. The molecule has 0 bridgehead atoms. The summed E-state index contributed by atoms with van der Waals surface area (Å²) in [7, 11) is 5.79. The van der Waals surface area contributed by atoms with Crippen LogP contribution in [0.1, 0.15) is 47.5 Å². The summed E-state index contributed by atoms with van der Waals surface area (Å²) in [5, 5.41) is 0. The molecule has 0 heterocycles. The van der Waals surface area contributed by atoms with Gasteiger partial charge in [0.2, 0.25) is 0 Å². The first-order valence-electron chi connectivity index (χ1n) is 5.20. The summed E-state index contributed by atoms with van der Waals surface area (Å²) in [4.78, 5) is 2.06. The van der Waals surface area contributed by atoms with Gasteiger partial charge in [0.1, 0.15) is 7.85 Å². The molecule has 14 heavy (non-hydrogen) atoms. The van der Waals surface area contributed by atoms with Crippen LogP contribution in [0.2, 0.25) is 0 Å². The minimum atomic E-state index is 0.0534. The zero-order valence-corrected chi connectivity index (χ0v) is 10.2. The van der Waals surface area contributed by atoms with Crippen LogP contribution in [-0.2, 0) is 0 Å². The van der Waals surface area contributed by atoms with Crippen LogP contribution in [0.3, 0.4) is 0 Å². The number of nitrogens with zero attached hydrogens (tertiary/aromatic N) is 1. The van der Waals surface area contributed by atoms with E-state index in [1.54, 1.807) is 0 Å². The third kappa shape index (κ3) is 4.04. The van der Waals surface area contributed by atoms with Gasteiger partial charge >= 0.3 is 0 Å². The van der Waals surface area contributed by atoms with Gasteiger partial charge in [0.25, 0.3) is 0 Å². The summed E-state index contributed by atoms with van der Waals surface area (Å²) in [5.74, 6) is 0. The predicted molar refractivity (Wildman–Crippen MR) is 65.2 cm³/mol. The summed E-state index contributed by atoms with van der Waals surface area (Å²) in [6, 6.07) is 0. The fourth-order valence-corrected chi connectivity index (χ4v) is 1.64. The second kappa shape index (κ2) is 5.28. The Labute approximate surface area is 90.3 Å². The molecule has 0 aromatic carbocycles. The Morgan fingerprint density at radius 2 is 1.93 bits per heavy atom. The molecule has 0 amide bonds. The third-order valence-corrected chi connectivity index (χ3v) is 2.21. The van der Waals surface area contributed by atoms with Gasteiger partial charge in [0.15, 0.2) is 0 Å². The van der Waals surface area contributed by atoms with E-state index in [0.717, 1.165) is 12.8 Å². The summed E-state index contributed by atoms with van der Waals surface area (Å²) >= 11 is 0. The Balaban J connectivity index is 4.82. The molecular weight excluding hydrogens is 169 g/mol. The Morgan fingerprint density at radius 3 is 2.21 bits per heavy atom. The minimum Gasteiger partial charge on any atom is -0.357 e. The molecule has 0 saturated carbocycles. The molecule has 0 fully saturated rings. The average Bonchev–Trinajstić information content (AvgIpc) is 1.99. The van der Waals surface area contributed by atoms with Gasteiger partial charge in [-0.15, -0.1) is 0 Å². The summed E-state index contributed by atoms with van der Waals surface area (Å²) in [6.45, 7) is 14.5. The molecule has 0 spiro atoms. The first kappa shape index (κ1) is 13.3. The second-order valence-electron chi connectivity index (χ2n) is 4.63. The Bertz CT molecular complexity index is 224. The van der Waals surface area contributed by atoms with E-state index in [2.05, 4.69) is 52.3 Å². The Kier molecular flexibility index (Phi) is 5.03. The van der Waals surface area contributed by atoms with E-state index in [1.165, 1.54) is 5.57 Å². The van der Waals surface area contributed by atoms with Crippen molar-refractivity contribution < 1.29 is 0 Å². The van der Waals surface area contributed by atoms with Crippen LogP contribution in [0.5, 0.6) is 0 Å². The molecule has 0 atom stereocenters. The highest BCUT2D eigenvalue weighted by Crippen LogP contribution is 2.24.